The second-order valence-electron chi connectivity index (χ2n) is 1.71. The molecule has 0 aliphatic heterocycles. The summed E-state index contributed by atoms with van der Waals surface area (Å²) in [5.74, 6) is 0. The van der Waals surface area contributed by atoms with Crippen LogP contribution in [0.4, 0.5) is 0 Å². The van der Waals surface area contributed by atoms with E-state index in [9.17, 15) is 0 Å². The van der Waals surface area contributed by atoms with Crippen molar-refractivity contribution in [2.75, 3.05) is 0 Å². The molecule has 0 aliphatic rings. The van der Waals surface area contributed by atoms with Crippen LogP contribution in [0.1, 0.15) is 0 Å². The monoisotopic (exact) mass is 268 g/mol. The first-order chi connectivity index (χ1) is 4.30. The number of hydrogen-bond donors (Lipinski definition) is 0. The number of rotatable bonds is 1. The average Bonchev–Trinajstić information content (AvgIpc) is 1.90. The predicted octanol–water partition coefficient (Wildman–Crippen LogP) is 2.88. The van der Waals surface area contributed by atoms with Gasteiger partial charge in [-0.1, -0.05) is 0 Å². The molecule has 0 aliphatic carbocycles. The minimum atomic E-state index is -0.904. The molecule has 0 N–H and O–H groups in total. The molecule has 0 atom stereocenters. The molecule has 0 saturated heterocycles. The Labute approximate surface area is 71.9 Å². The molecule has 9 heavy (non-hydrogen) atoms. The van der Waals surface area contributed by atoms with E-state index in [4.69, 9.17) is 0 Å². The van der Waals surface area contributed by atoms with Gasteiger partial charge in [-0.2, -0.15) is 0 Å². The first-order valence-corrected chi connectivity index (χ1v) is 9.58. The molecule has 3 heteroatoms. The van der Waals surface area contributed by atoms with Crippen LogP contribution in [-0.4, -0.2) is 0 Å². The molecule has 0 amide bonds. The van der Waals surface area contributed by atoms with E-state index in [-0.39, 0.29) is 0 Å². The van der Waals surface area contributed by atoms with Crippen LogP contribution in [0.25, 0.3) is 0 Å². The molecule has 0 unspecified atom stereocenters. The van der Waals surface area contributed by atoms with Crippen molar-refractivity contribution in [1.29, 1.82) is 0 Å². The average molecular weight is 270 g/mol. The van der Waals surface area contributed by atoms with Crippen LogP contribution in [0, 0.1) is 0 Å². The van der Waals surface area contributed by atoms with E-state index >= 15 is 0 Å². The zero-order valence-corrected chi connectivity index (χ0v) is 9.05. The molecule has 0 bridgehead atoms. The van der Waals surface area contributed by atoms with E-state index in [0.717, 1.165) is 0 Å². The Morgan fingerprint density at radius 1 is 1.00 bits per heavy atom. The van der Waals surface area contributed by atoms with Gasteiger partial charge >= 0.3 is 71.9 Å². The van der Waals surface area contributed by atoms with Crippen LogP contribution in [0.3, 0.4) is 0 Å². The van der Waals surface area contributed by atoms with E-state index in [1.54, 1.807) is 0 Å². The maximum absolute atomic E-state index is 3.54. The normalized spacial score (nSPS) is 11.1. The number of hydrogen-bond acceptors (Lipinski definition) is 0. The molecule has 0 saturated carbocycles. The van der Waals surface area contributed by atoms with Crippen molar-refractivity contribution < 1.29 is 0 Å². The van der Waals surface area contributed by atoms with Crippen LogP contribution in [-0.2, 0) is 0 Å². The summed E-state index contributed by atoms with van der Waals surface area (Å²) in [5, 5.41) is 0.483. The fraction of sp³-hybridized carbons (Fsp3) is 0. The predicted molar refractivity (Wildman–Crippen MR) is 53.6 cm³/mol. The number of benzene rings is 1. The second kappa shape index (κ2) is 3.70. The second-order valence-corrected chi connectivity index (χ2v) is 12.2. The van der Waals surface area contributed by atoms with Crippen LogP contribution < -0.4 is 5.30 Å². The Morgan fingerprint density at radius 3 is 1.89 bits per heavy atom. The van der Waals surface area contributed by atoms with E-state index < -0.39 is 5.33 Å². The van der Waals surface area contributed by atoms with Crippen LogP contribution in [0.15, 0.2) is 30.3 Å². The van der Waals surface area contributed by atoms with Gasteiger partial charge in [-0.15, -0.1) is 0 Å². The third kappa shape index (κ3) is 2.37. The molecule has 1 rings (SSSR count). The van der Waals surface area contributed by atoms with Gasteiger partial charge in [0.1, 0.15) is 0 Å². The molecule has 1 aromatic carbocycles. The molecule has 0 aromatic heterocycles. The molecular formula is C6H7Br2P. The zero-order valence-electron chi connectivity index (χ0n) is 4.72. The standard InChI is InChI=1S/C6H7Br2P/c7-9(8)6-4-2-1-3-5-6/h1-5H,9H2. The zero-order chi connectivity index (χ0) is 6.69. The minimum absolute atomic E-state index is 0.904. The third-order valence-corrected chi connectivity index (χ3v) is 5.11. The van der Waals surface area contributed by atoms with Gasteiger partial charge in [-0.3, -0.25) is 0 Å². The molecule has 0 fully saturated rings. The molecule has 1 aromatic rings. The van der Waals surface area contributed by atoms with Gasteiger partial charge in [0.25, 0.3) is 0 Å². The van der Waals surface area contributed by atoms with Gasteiger partial charge < -0.3 is 0 Å². The summed E-state index contributed by atoms with van der Waals surface area (Å²) in [6.45, 7) is 0. The summed E-state index contributed by atoms with van der Waals surface area (Å²) < 4.78 is 0. The Kier molecular flexibility index (Phi) is 3.17. The summed E-state index contributed by atoms with van der Waals surface area (Å²) in [5.41, 5.74) is 0. The summed E-state index contributed by atoms with van der Waals surface area (Å²) in [4.78, 5) is 0. The third-order valence-electron chi connectivity index (χ3n) is 1.05. The fourth-order valence-electron chi connectivity index (χ4n) is 0.599. The van der Waals surface area contributed by atoms with Gasteiger partial charge in [0.15, 0.2) is 0 Å². The van der Waals surface area contributed by atoms with Crippen molar-refractivity contribution in [3.05, 3.63) is 30.3 Å². The summed E-state index contributed by atoms with van der Waals surface area (Å²) in [7, 11) is 0. The SMILES string of the molecule is Br[PH2](Br)c1ccccc1. The van der Waals surface area contributed by atoms with Crippen molar-refractivity contribution in [2.45, 2.75) is 0 Å². The van der Waals surface area contributed by atoms with Crippen LogP contribution in [0.5, 0.6) is 0 Å². The van der Waals surface area contributed by atoms with Crippen molar-refractivity contribution in [1.82, 2.24) is 0 Å². The molecule has 0 spiro atoms. The Morgan fingerprint density at radius 2 is 1.56 bits per heavy atom. The number of halogens is 2. The Hall–Kier alpha value is 0.610. The van der Waals surface area contributed by atoms with Gasteiger partial charge in [-0.05, 0) is 0 Å². The summed E-state index contributed by atoms with van der Waals surface area (Å²) in [6, 6.07) is 10.4. The van der Waals surface area contributed by atoms with Crippen molar-refractivity contribution in [3.63, 3.8) is 0 Å². The van der Waals surface area contributed by atoms with Gasteiger partial charge in [0.05, 0.1) is 0 Å². The van der Waals surface area contributed by atoms with Gasteiger partial charge in [0.2, 0.25) is 0 Å². The van der Waals surface area contributed by atoms with E-state index in [1.807, 2.05) is 6.07 Å². The topological polar surface area (TPSA) is 0 Å². The van der Waals surface area contributed by atoms with E-state index in [0.29, 0.717) is 0 Å². The fourth-order valence-corrected chi connectivity index (χ4v) is 2.94. The van der Waals surface area contributed by atoms with Crippen molar-refractivity contribution in [3.8, 4) is 0 Å². The molecule has 0 nitrogen and oxygen atoms in total. The van der Waals surface area contributed by atoms with Crippen molar-refractivity contribution in [2.24, 2.45) is 0 Å². The summed E-state index contributed by atoms with van der Waals surface area (Å²) in [6.07, 6.45) is 0. The quantitative estimate of drug-likeness (QED) is 0.688. The van der Waals surface area contributed by atoms with E-state index in [2.05, 4.69) is 55.2 Å². The van der Waals surface area contributed by atoms with Crippen molar-refractivity contribution >= 4 is 41.6 Å². The molecular weight excluding hydrogens is 263 g/mol. The Bertz CT molecular complexity index is 174. The molecule has 0 radical (unpaired) electrons. The van der Waals surface area contributed by atoms with Crippen LogP contribution >= 0.6 is 36.3 Å². The molecule has 0 heterocycles. The molecule has 50 valence electrons. The van der Waals surface area contributed by atoms with Gasteiger partial charge in [-0.25, -0.2) is 0 Å². The first kappa shape index (κ1) is 7.71. The summed E-state index contributed by atoms with van der Waals surface area (Å²) >= 11 is 7.08. The van der Waals surface area contributed by atoms with E-state index in [1.165, 1.54) is 5.30 Å². The maximum atomic E-state index is 3.54. The Balaban J connectivity index is 2.85. The van der Waals surface area contributed by atoms with Gasteiger partial charge in [0, 0.05) is 0 Å². The van der Waals surface area contributed by atoms with Crippen LogP contribution in [0.2, 0.25) is 0 Å². The first-order valence-electron chi connectivity index (χ1n) is 2.64.